The summed E-state index contributed by atoms with van der Waals surface area (Å²) in [5.74, 6) is 0.481. The van der Waals surface area contributed by atoms with Crippen LogP contribution in [0.5, 0.6) is 5.75 Å². The number of ether oxygens (including phenoxy) is 1. The third-order valence-electron chi connectivity index (χ3n) is 2.77. The van der Waals surface area contributed by atoms with Gasteiger partial charge in [-0.2, -0.15) is 5.26 Å². The Hall–Kier alpha value is -1.54. The van der Waals surface area contributed by atoms with Gasteiger partial charge in [-0.3, -0.25) is 0 Å². The molecule has 1 aliphatic carbocycles. The molecule has 16 heavy (non-hydrogen) atoms. The van der Waals surface area contributed by atoms with E-state index >= 15 is 0 Å². The molecule has 2 rings (SSSR count). The molecular weight excluding hydrogens is 226 g/mol. The standard InChI is InChI=1S/C11H11NO3S/c1-15-9-3-2-4-10(7-9)16(13,14)11(8-12)5-6-11/h2-4,7H,5-6H2,1H3. The first-order valence-corrected chi connectivity index (χ1v) is 6.34. The topological polar surface area (TPSA) is 67.2 Å². The van der Waals surface area contributed by atoms with Gasteiger partial charge in [0.2, 0.25) is 0 Å². The summed E-state index contributed by atoms with van der Waals surface area (Å²) < 4.78 is 28.0. The van der Waals surface area contributed by atoms with Gasteiger partial charge in [-0.05, 0) is 31.0 Å². The summed E-state index contributed by atoms with van der Waals surface area (Å²) in [5.41, 5.74) is 0. The van der Waals surface area contributed by atoms with E-state index in [0.717, 1.165) is 0 Å². The molecule has 0 unspecified atom stereocenters. The highest BCUT2D eigenvalue weighted by atomic mass is 32.2. The van der Waals surface area contributed by atoms with Gasteiger partial charge >= 0.3 is 0 Å². The molecule has 1 aliphatic rings. The summed E-state index contributed by atoms with van der Waals surface area (Å²) in [6.45, 7) is 0. The van der Waals surface area contributed by atoms with E-state index in [4.69, 9.17) is 10.00 Å². The lowest BCUT2D eigenvalue weighted by Gasteiger charge is -2.09. The van der Waals surface area contributed by atoms with E-state index in [0.29, 0.717) is 18.6 Å². The molecule has 0 atom stereocenters. The van der Waals surface area contributed by atoms with Crippen molar-refractivity contribution in [3.8, 4) is 11.8 Å². The van der Waals surface area contributed by atoms with E-state index in [1.807, 2.05) is 6.07 Å². The minimum absolute atomic E-state index is 0.158. The number of methoxy groups -OCH3 is 1. The van der Waals surface area contributed by atoms with E-state index in [-0.39, 0.29) is 4.90 Å². The second-order valence-electron chi connectivity index (χ2n) is 3.79. The van der Waals surface area contributed by atoms with Crippen LogP contribution in [-0.4, -0.2) is 20.3 Å². The molecule has 1 saturated carbocycles. The second kappa shape index (κ2) is 3.49. The Kier molecular flexibility index (Phi) is 2.39. The fraction of sp³-hybridized carbons (Fsp3) is 0.364. The van der Waals surface area contributed by atoms with Crippen LogP contribution in [0.25, 0.3) is 0 Å². The van der Waals surface area contributed by atoms with Gasteiger partial charge in [0.05, 0.1) is 18.1 Å². The van der Waals surface area contributed by atoms with Gasteiger partial charge in [-0.15, -0.1) is 0 Å². The third kappa shape index (κ3) is 1.46. The molecule has 0 saturated heterocycles. The third-order valence-corrected chi connectivity index (χ3v) is 5.18. The molecule has 84 valence electrons. The maximum Gasteiger partial charge on any atom is 0.197 e. The van der Waals surface area contributed by atoms with Crippen LogP contribution in [0.1, 0.15) is 12.8 Å². The van der Waals surface area contributed by atoms with Crippen LogP contribution in [-0.2, 0) is 9.84 Å². The molecule has 0 heterocycles. The lowest BCUT2D eigenvalue weighted by atomic mass is 10.3. The van der Waals surface area contributed by atoms with Crippen molar-refractivity contribution < 1.29 is 13.2 Å². The molecule has 0 radical (unpaired) electrons. The van der Waals surface area contributed by atoms with Crippen molar-refractivity contribution in [1.29, 1.82) is 5.26 Å². The Morgan fingerprint density at radius 3 is 2.62 bits per heavy atom. The van der Waals surface area contributed by atoms with Crippen LogP contribution in [0, 0.1) is 11.3 Å². The maximum atomic E-state index is 12.1. The Labute approximate surface area is 94.4 Å². The molecule has 1 fully saturated rings. The zero-order valence-electron chi connectivity index (χ0n) is 8.80. The lowest BCUT2D eigenvalue weighted by molar-refractivity contribution is 0.413. The SMILES string of the molecule is COc1cccc(S(=O)(=O)C2(C#N)CC2)c1. The highest BCUT2D eigenvalue weighted by Gasteiger charge is 2.56. The number of nitrogens with zero attached hydrogens (tertiary/aromatic N) is 1. The summed E-state index contributed by atoms with van der Waals surface area (Å²) >= 11 is 0. The Morgan fingerprint density at radius 2 is 2.12 bits per heavy atom. The van der Waals surface area contributed by atoms with Crippen molar-refractivity contribution in [2.24, 2.45) is 0 Å². The van der Waals surface area contributed by atoms with E-state index in [1.165, 1.54) is 19.2 Å². The predicted molar refractivity (Wildman–Crippen MR) is 57.8 cm³/mol. The Balaban J connectivity index is 2.49. The molecule has 0 amide bonds. The predicted octanol–water partition coefficient (Wildman–Crippen LogP) is 1.53. The van der Waals surface area contributed by atoms with Crippen molar-refractivity contribution in [1.82, 2.24) is 0 Å². The largest absolute Gasteiger partial charge is 0.497 e. The average Bonchev–Trinajstić information content (AvgIpc) is 3.10. The van der Waals surface area contributed by atoms with Crippen molar-refractivity contribution in [2.45, 2.75) is 22.5 Å². The van der Waals surface area contributed by atoms with Gasteiger partial charge < -0.3 is 4.74 Å². The number of hydrogen-bond acceptors (Lipinski definition) is 4. The van der Waals surface area contributed by atoms with E-state index in [1.54, 1.807) is 12.1 Å². The molecule has 0 bridgehead atoms. The van der Waals surface area contributed by atoms with Gasteiger partial charge in [0, 0.05) is 0 Å². The summed E-state index contributed by atoms with van der Waals surface area (Å²) in [6.07, 6.45) is 0.839. The first-order chi connectivity index (χ1) is 7.55. The molecule has 1 aromatic carbocycles. The minimum Gasteiger partial charge on any atom is -0.497 e. The molecule has 0 aromatic heterocycles. The van der Waals surface area contributed by atoms with Crippen LogP contribution in [0.2, 0.25) is 0 Å². The van der Waals surface area contributed by atoms with E-state index < -0.39 is 14.6 Å². The van der Waals surface area contributed by atoms with Gasteiger partial charge in [0.15, 0.2) is 14.6 Å². The zero-order valence-corrected chi connectivity index (χ0v) is 9.62. The van der Waals surface area contributed by atoms with Crippen molar-refractivity contribution in [2.75, 3.05) is 7.11 Å². The van der Waals surface area contributed by atoms with Crippen molar-refractivity contribution in [3.63, 3.8) is 0 Å². The molecular formula is C11H11NO3S. The zero-order chi connectivity index (χ0) is 11.8. The highest BCUT2D eigenvalue weighted by molar-refractivity contribution is 7.93. The number of rotatable bonds is 3. The quantitative estimate of drug-likeness (QED) is 0.799. The summed E-state index contributed by atoms with van der Waals surface area (Å²) in [5, 5.41) is 8.92. The number of benzene rings is 1. The van der Waals surface area contributed by atoms with Gasteiger partial charge in [0.25, 0.3) is 0 Å². The smallest absolute Gasteiger partial charge is 0.197 e. The summed E-state index contributed by atoms with van der Waals surface area (Å²) in [6, 6.07) is 8.13. The minimum atomic E-state index is -3.55. The normalized spacial score (nSPS) is 17.5. The number of hydrogen-bond donors (Lipinski definition) is 0. The number of sulfone groups is 1. The average molecular weight is 237 g/mol. The van der Waals surface area contributed by atoms with Crippen LogP contribution >= 0.6 is 0 Å². The number of nitriles is 1. The van der Waals surface area contributed by atoms with Gasteiger partial charge in [-0.1, -0.05) is 6.07 Å². The van der Waals surface area contributed by atoms with Crippen LogP contribution in [0.15, 0.2) is 29.2 Å². The Morgan fingerprint density at radius 1 is 1.44 bits per heavy atom. The van der Waals surface area contributed by atoms with Crippen molar-refractivity contribution >= 4 is 9.84 Å². The summed E-state index contributed by atoms with van der Waals surface area (Å²) in [7, 11) is -2.08. The van der Waals surface area contributed by atoms with E-state index in [2.05, 4.69) is 0 Å². The molecule has 5 heteroatoms. The van der Waals surface area contributed by atoms with Crippen LogP contribution < -0.4 is 4.74 Å². The highest BCUT2D eigenvalue weighted by Crippen LogP contribution is 2.46. The van der Waals surface area contributed by atoms with Crippen molar-refractivity contribution in [3.05, 3.63) is 24.3 Å². The Bertz CT molecular complexity index is 553. The van der Waals surface area contributed by atoms with Crippen LogP contribution in [0.3, 0.4) is 0 Å². The lowest BCUT2D eigenvalue weighted by Crippen LogP contribution is -2.21. The first kappa shape index (κ1) is 11.0. The monoisotopic (exact) mass is 237 g/mol. The van der Waals surface area contributed by atoms with E-state index in [9.17, 15) is 8.42 Å². The van der Waals surface area contributed by atoms with Gasteiger partial charge in [-0.25, -0.2) is 8.42 Å². The molecule has 0 spiro atoms. The molecule has 0 N–H and O–H groups in total. The molecule has 4 nitrogen and oxygen atoms in total. The van der Waals surface area contributed by atoms with Gasteiger partial charge in [0.1, 0.15) is 5.75 Å². The summed E-state index contributed by atoms with van der Waals surface area (Å²) in [4.78, 5) is 0.158. The fourth-order valence-corrected chi connectivity index (χ4v) is 3.29. The molecule has 0 aliphatic heterocycles. The second-order valence-corrected chi connectivity index (χ2v) is 6.05. The molecule has 1 aromatic rings. The van der Waals surface area contributed by atoms with Crippen LogP contribution in [0.4, 0.5) is 0 Å². The maximum absolute atomic E-state index is 12.1. The first-order valence-electron chi connectivity index (χ1n) is 4.86. The fourth-order valence-electron chi connectivity index (χ4n) is 1.55.